The van der Waals surface area contributed by atoms with Gasteiger partial charge in [-0.05, 0) is 101 Å². The third-order valence-electron chi connectivity index (χ3n) is 8.45. The third kappa shape index (κ3) is 13.3. The van der Waals surface area contributed by atoms with Crippen molar-refractivity contribution in [3.63, 3.8) is 0 Å². The molecule has 0 heterocycles. The van der Waals surface area contributed by atoms with E-state index in [1.807, 2.05) is 45.2 Å². The lowest BCUT2D eigenvalue weighted by Gasteiger charge is -2.26. The Labute approximate surface area is 279 Å². The fourth-order valence-corrected chi connectivity index (χ4v) is 5.93. The minimum absolute atomic E-state index is 0. The van der Waals surface area contributed by atoms with Crippen LogP contribution in [0.4, 0.5) is 10.5 Å². The van der Waals surface area contributed by atoms with Crippen LogP contribution in [-0.4, -0.2) is 49.6 Å². The molecule has 2 aliphatic carbocycles. The average Bonchev–Trinajstić information content (AvgIpc) is 3.05. The molecule has 0 unspecified atom stereocenters. The number of aliphatic imine (C=N–C) groups is 1. The largest absolute Gasteiger partial charge is 0.496 e. The van der Waals surface area contributed by atoms with Crippen LogP contribution >= 0.6 is 0 Å². The zero-order chi connectivity index (χ0) is 34.1. The van der Waals surface area contributed by atoms with Crippen molar-refractivity contribution < 1.29 is 20.9 Å². The van der Waals surface area contributed by atoms with Crippen LogP contribution in [0.3, 0.4) is 0 Å². The maximum absolute atomic E-state index is 12.7. The van der Waals surface area contributed by atoms with Crippen LogP contribution in [0.1, 0.15) is 116 Å². The Morgan fingerprint density at radius 3 is 2.13 bits per heavy atom. The molecule has 2 aliphatic rings. The third-order valence-corrected chi connectivity index (χ3v) is 8.45. The van der Waals surface area contributed by atoms with Gasteiger partial charge in [0, 0.05) is 50.2 Å². The van der Waals surface area contributed by atoms with E-state index in [9.17, 15) is 9.59 Å². The van der Waals surface area contributed by atoms with E-state index in [0.717, 1.165) is 54.2 Å². The van der Waals surface area contributed by atoms with Crippen molar-refractivity contribution in [1.29, 1.82) is 0 Å². The summed E-state index contributed by atoms with van der Waals surface area (Å²) >= 11 is 0. The van der Waals surface area contributed by atoms with Gasteiger partial charge >= 0.3 is 6.09 Å². The first-order valence-corrected chi connectivity index (χ1v) is 16.9. The maximum atomic E-state index is 12.7. The minimum atomic E-state index is -0.963. The molecule has 0 aliphatic heterocycles. The maximum Gasteiger partial charge on any atom is 0.404 e. The van der Waals surface area contributed by atoms with Gasteiger partial charge in [0.2, 0.25) is 5.91 Å². The van der Waals surface area contributed by atoms with Crippen molar-refractivity contribution in [1.82, 2.24) is 5.32 Å². The highest BCUT2D eigenvalue weighted by molar-refractivity contribution is 6.10. The van der Waals surface area contributed by atoms with Gasteiger partial charge in [0.05, 0.1) is 7.11 Å². The van der Waals surface area contributed by atoms with Crippen LogP contribution in [-0.2, 0) is 4.79 Å². The van der Waals surface area contributed by atoms with Crippen LogP contribution in [0, 0.1) is 12.8 Å². The fraction of sp³-hybridized carbons (Fsp3) is 0.553. The van der Waals surface area contributed by atoms with Gasteiger partial charge in [-0.25, -0.2) is 4.79 Å². The molecule has 0 aromatic heterocycles. The second-order valence-electron chi connectivity index (χ2n) is 12.9. The molecule has 2 fully saturated rings. The van der Waals surface area contributed by atoms with Gasteiger partial charge in [-0.2, -0.15) is 0 Å². The molecule has 4 N–H and O–H groups in total. The predicted octanol–water partition coefficient (Wildman–Crippen LogP) is 8.97. The zero-order valence-electron chi connectivity index (χ0n) is 29.2. The van der Waals surface area contributed by atoms with Crippen molar-refractivity contribution in [2.45, 2.75) is 117 Å². The van der Waals surface area contributed by atoms with Crippen molar-refractivity contribution in [2.75, 3.05) is 19.1 Å². The summed E-state index contributed by atoms with van der Waals surface area (Å²) in [6.45, 7) is 9.72. The summed E-state index contributed by atoms with van der Waals surface area (Å²) in [6, 6.07) is 14.8. The Morgan fingerprint density at radius 2 is 1.63 bits per heavy atom. The fourth-order valence-electron chi connectivity index (χ4n) is 5.93. The second kappa shape index (κ2) is 20.3. The smallest absolute Gasteiger partial charge is 0.404 e. The molecular weight excluding hydrogens is 576 g/mol. The first kappa shape index (κ1) is 38.4. The number of hydrogen-bond acceptors (Lipinski definition) is 5. The van der Waals surface area contributed by atoms with Crippen molar-refractivity contribution in [3.8, 4) is 5.75 Å². The number of ether oxygens (including phenoxy) is 1. The monoisotopic (exact) mass is 636 g/mol. The molecule has 2 aromatic rings. The number of anilines is 1. The molecule has 8 heteroatoms. The standard InChI is InChI=1S/C20H29N3O.C14H20O.C4H9NO2.H2/c1-15(2)22-14-18(13-21)17-10-7-11-19(12-17)23(3)20(24)16-8-5-4-6-9-16;1-11-10-13(8-9-14(11)15-2)12-6-4-3-5-7-12;1-3(2)5-4(6)7;/h7,10-16H,4-6,8-9,21H2,1-3H3;8-10,12H,3-7H2,1-2H3;3,5H,1-2H3,(H,6,7);1H/b18-13+,22-14?;;;. The topological polar surface area (TPSA) is 117 Å². The number of benzene rings is 2. The van der Waals surface area contributed by atoms with E-state index in [0.29, 0.717) is 0 Å². The second-order valence-corrected chi connectivity index (χ2v) is 12.9. The Balaban J connectivity index is 0.000000408. The molecule has 8 nitrogen and oxygen atoms in total. The van der Waals surface area contributed by atoms with Crippen molar-refractivity contribution in [3.05, 3.63) is 65.4 Å². The van der Waals surface area contributed by atoms with E-state index >= 15 is 0 Å². The number of nitrogens with zero attached hydrogens (tertiary/aromatic N) is 2. The normalized spacial score (nSPS) is 15.9. The Kier molecular flexibility index (Phi) is 17.0. The lowest BCUT2D eigenvalue weighted by molar-refractivity contribution is -0.123. The molecule has 46 heavy (non-hydrogen) atoms. The molecule has 256 valence electrons. The zero-order valence-corrected chi connectivity index (χ0v) is 29.2. The minimum Gasteiger partial charge on any atom is -0.496 e. The predicted molar refractivity (Wildman–Crippen MR) is 194 cm³/mol. The van der Waals surface area contributed by atoms with Crippen LogP contribution < -0.4 is 20.7 Å². The number of carboxylic acid groups (broad SMARTS) is 1. The quantitative estimate of drug-likeness (QED) is 0.250. The van der Waals surface area contributed by atoms with Gasteiger partial charge in [0.15, 0.2) is 0 Å². The molecule has 0 radical (unpaired) electrons. The highest BCUT2D eigenvalue weighted by Crippen LogP contribution is 2.34. The van der Waals surface area contributed by atoms with Gasteiger partial charge in [-0.3, -0.25) is 9.79 Å². The summed E-state index contributed by atoms with van der Waals surface area (Å²) in [6.07, 6.45) is 15.0. The number of rotatable bonds is 8. The highest BCUT2D eigenvalue weighted by atomic mass is 16.5. The van der Waals surface area contributed by atoms with Crippen LogP contribution in [0.5, 0.6) is 5.75 Å². The Morgan fingerprint density at radius 1 is 1.00 bits per heavy atom. The molecule has 2 saturated carbocycles. The molecule has 0 bridgehead atoms. The van der Waals surface area contributed by atoms with E-state index in [2.05, 4.69) is 35.4 Å². The van der Waals surface area contributed by atoms with Gasteiger partial charge in [0.25, 0.3) is 0 Å². The number of aryl methyl sites for hydroxylation is 1. The van der Waals surface area contributed by atoms with Gasteiger partial charge in [-0.1, -0.05) is 62.8 Å². The Bertz CT molecular complexity index is 1280. The van der Waals surface area contributed by atoms with E-state index < -0.39 is 6.09 Å². The summed E-state index contributed by atoms with van der Waals surface area (Å²) < 4.78 is 5.29. The summed E-state index contributed by atoms with van der Waals surface area (Å²) in [5, 5.41) is 10.2. The number of allylic oxidation sites excluding steroid dienone is 1. The highest BCUT2D eigenvalue weighted by Gasteiger charge is 2.25. The SMILES string of the molecule is CC(C)N=C/C(=C\N)c1cccc(N(C)C(=O)C2CCCCC2)c1.CC(C)NC(=O)O.COc1ccc(C2CCCCC2)cc1C.[HH]. The lowest BCUT2D eigenvalue weighted by Crippen LogP contribution is -2.33. The summed E-state index contributed by atoms with van der Waals surface area (Å²) in [4.78, 5) is 28.6. The van der Waals surface area contributed by atoms with E-state index in [1.165, 1.54) is 49.7 Å². The Hall–Kier alpha value is -3.81. The van der Waals surface area contributed by atoms with Crippen LogP contribution in [0.25, 0.3) is 5.57 Å². The number of hydrogen-bond donors (Lipinski definition) is 3. The molecule has 2 aromatic carbocycles. The summed E-state index contributed by atoms with van der Waals surface area (Å²) in [5.74, 6) is 2.19. The number of nitrogens with two attached hydrogens (primary N) is 1. The first-order chi connectivity index (χ1) is 22.0. The first-order valence-electron chi connectivity index (χ1n) is 16.9. The summed E-state index contributed by atoms with van der Waals surface area (Å²) in [7, 11) is 3.60. The van der Waals surface area contributed by atoms with Crippen LogP contribution in [0.15, 0.2) is 53.7 Å². The van der Waals surface area contributed by atoms with Crippen LogP contribution in [0.2, 0.25) is 0 Å². The number of methoxy groups -OCH3 is 1. The lowest BCUT2D eigenvalue weighted by atomic mass is 9.83. The average molecular weight is 637 g/mol. The van der Waals surface area contributed by atoms with Crippen molar-refractivity contribution in [2.24, 2.45) is 16.6 Å². The summed E-state index contributed by atoms with van der Waals surface area (Å²) in [5.41, 5.74) is 11.3. The molecule has 0 spiro atoms. The van der Waals surface area contributed by atoms with E-state index in [4.69, 9.17) is 15.6 Å². The van der Waals surface area contributed by atoms with Gasteiger partial charge in [-0.15, -0.1) is 0 Å². The number of nitrogens with one attached hydrogen (secondary N) is 1. The molecule has 2 amide bonds. The van der Waals surface area contributed by atoms with E-state index in [1.54, 1.807) is 38.3 Å². The van der Waals surface area contributed by atoms with Gasteiger partial charge < -0.3 is 25.8 Å². The molecular formula is C38H60N4O4. The van der Waals surface area contributed by atoms with Gasteiger partial charge in [0.1, 0.15) is 5.75 Å². The van der Waals surface area contributed by atoms with Crippen molar-refractivity contribution >= 4 is 29.5 Å². The number of carbonyl (C=O) groups is 2. The molecule has 0 atom stereocenters. The molecule has 0 saturated heterocycles. The number of amides is 2. The molecule has 4 rings (SSSR count). The number of carbonyl (C=O) groups excluding carboxylic acids is 1. The van der Waals surface area contributed by atoms with E-state index in [-0.39, 0.29) is 25.3 Å².